The van der Waals surface area contributed by atoms with Crippen LogP contribution in [0, 0.1) is 6.92 Å². The Kier molecular flexibility index (Phi) is 3.07. The lowest BCUT2D eigenvalue weighted by Gasteiger charge is -2.08. The fraction of sp³-hybridized carbons (Fsp3) is 0.364. The molecule has 0 aliphatic heterocycles. The molecule has 0 bridgehead atoms. The molecule has 0 amide bonds. The van der Waals surface area contributed by atoms with E-state index in [-0.39, 0.29) is 5.97 Å². The van der Waals surface area contributed by atoms with Crippen LogP contribution < -0.4 is 0 Å². The molecule has 2 heteroatoms. The molecule has 0 radical (unpaired) electrons. The van der Waals surface area contributed by atoms with Gasteiger partial charge in [-0.3, -0.25) is 0 Å². The summed E-state index contributed by atoms with van der Waals surface area (Å²) in [5.41, 5.74) is 2.74. The zero-order valence-corrected chi connectivity index (χ0v) is 8.26. The number of aryl methyl sites for hydroxylation is 2. The molecule has 0 atom stereocenters. The summed E-state index contributed by atoms with van der Waals surface area (Å²) >= 11 is 0. The van der Waals surface area contributed by atoms with Gasteiger partial charge in [0.25, 0.3) is 0 Å². The van der Waals surface area contributed by atoms with Gasteiger partial charge in [-0.25, -0.2) is 4.79 Å². The minimum Gasteiger partial charge on any atom is -0.465 e. The van der Waals surface area contributed by atoms with Crippen molar-refractivity contribution in [2.45, 2.75) is 20.3 Å². The normalized spacial score (nSPS) is 9.77. The van der Waals surface area contributed by atoms with Gasteiger partial charge < -0.3 is 4.74 Å². The standard InChI is InChI=1S/C11H14O2/c1-4-9-7-5-6-8(2)10(9)11(12)13-3/h5-7H,4H2,1-3H3. The number of benzene rings is 1. The SMILES string of the molecule is CCc1cccc(C)c1C(=O)OC. The Labute approximate surface area is 78.5 Å². The molecule has 0 saturated carbocycles. The average molecular weight is 178 g/mol. The molecule has 0 saturated heterocycles. The highest BCUT2D eigenvalue weighted by atomic mass is 16.5. The Balaban J connectivity index is 3.22. The molecular weight excluding hydrogens is 164 g/mol. The predicted molar refractivity (Wildman–Crippen MR) is 51.9 cm³/mol. The zero-order valence-electron chi connectivity index (χ0n) is 8.26. The smallest absolute Gasteiger partial charge is 0.338 e. The van der Waals surface area contributed by atoms with Crippen LogP contribution in [0.4, 0.5) is 0 Å². The molecular formula is C11H14O2. The molecule has 0 heterocycles. The van der Waals surface area contributed by atoms with Gasteiger partial charge in [0.2, 0.25) is 0 Å². The number of carbonyl (C=O) groups excluding carboxylic acids is 1. The van der Waals surface area contributed by atoms with Gasteiger partial charge in [0.1, 0.15) is 0 Å². The second kappa shape index (κ2) is 4.08. The van der Waals surface area contributed by atoms with Crippen molar-refractivity contribution in [1.29, 1.82) is 0 Å². The maximum Gasteiger partial charge on any atom is 0.338 e. The minimum absolute atomic E-state index is 0.241. The summed E-state index contributed by atoms with van der Waals surface area (Å²) in [7, 11) is 1.41. The molecule has 1 aromatic rings. The third-order valence-electron chi connectivity index (χ3n) is 2.13. The highest BCUT2D eigenvalue weighted by molar-refractivity contribution is 5.92. The van der Waals surface area contributed by atoms with Crippen LogP contribution in [0.3, 0.4) is 0 Å². The number of methoxy groups -OCH3 is 1. The van der Waals surface area contributed by atoms with Crippen LogP contribution in [0.15, 0.2) is 18.2 Å². The van der Waals surface area contributed by atoms with Crippen molar-refractivity contribution in [3.8, 4) is 0 Å². The van der Waals surface area contributed by atoms with E-state index in [1.165, 1.54) is 7.11 Å². The van der Waals surface area contributed by atoms with Gasteiger partial charge in [-0.2, -0.15) is 0 Å². The van der Waals surface area contributed by atoms with Crippen molar-refractivity contribution >= 4 is 5.97 Å². The number of esters is 1. The Hall–Kier alpha value is -1.31. The summed E-state index contributed by atoms with van der Waals surface area (Å²) in [6, 6.07) is 5.84. The third-order valence-corrected chi connectivity index (χ3v) is 2.13. The van der Waals surface area contributed by atoms with Crippen molar-refractivity contribution in [2.24, 2.45) is 0 Å². The molecule has 13 heavy (non-hydrogen) atoms. The second-order valence-electron chi connectivity index (χ2n) is 2.95. The first kappa shape index (κ1) is 9.78. The molecule has 0 aliphatic carbocycles. The van der Waals surface area contributed by atoms with Crippen LogP contribution in [0.1, 0.15) is 28.4 Å². The Morgan fingerprint density at radius 1 is 1.46 bits per heavy atom. The van der Waals surface area contributed by atoms with Gasteiger partial charge in [0, 0.05) is 0 Å². The van der Waals surface area contributed by atoms with Crippen LogP contribution in [-0.2, 0) is 11.2 Å². The van der Waals surface area contributed by atoms with Gasteiger partial charge in [-0.05, 0) is 24.5 Å². The van der Waals surface area contributed by atoms with Crippen LogP contribution >= 0.6 is 0 Å². The first-order valence-corrected chi connectivity index (χ1v) is 4.37. The summed E-state index contributed by atoms with van der Waals surface area (Å²) in [4.78, 5) is 11.4. The number of carbonyl (C=O) groups is 1. The van der Waals surface area contributed by atoms with E-state index in [1.54, 1.807) is 0 Å². The summed E-state index contributed by atoms with van der Waals surface area (Å²) in [5, 5.41) is 0. The second-order valence-corrected chi connectivity index (χ2v) is 2.95. The van der Waals surface area contributed by atoms with Gasteiger partial charge in [-0.15, -0.1) is 0 Å². The number of rotatable bonds is 2. The van der Waals surface area contributed by atoms with Crippen LogP contribution in [-0.4, -0.2) is 13.1 Å². The third kappa shape index (κ3) is 1.89. The van der Waals surface area contributed by atoms with Crippen molar-refractivity contribution in [3.05, 3.63) is 34.9 Å². The van der Waals surface area contributed by atoms with E-state index >= 15 is 0 Å². The van der Waals surface area contributed by atoms with E-state index in [1.807, 2.05) is 32.0 Å². The lowest BCUT2D eigenvalue weighted by atomic mass is 10.0. The first-order valence-electron chi connectivity index (χ1n) is 4.37. The maximum atomic E-state index is 11.4. The Bertz CT molecular complexity index is 316. The highest BCUT2D eigenvalue weighted by Crippen LogP contribution is 2.15. The molecule has 2 nitrogen and oxygen atoms in total. The van der Waals surface area contributed by atoms with E-state index in [4.69, 9.17) is 4.74 Å². The van der Waals surface area contributed by atoms with Gasteiger partial charge >= 0.3 is 5.97 Å². The van der Waals surface area contributed by atoms with Crippen molar-refractivity contribution in [2.75, 3.05) is 7.11 Å². The van der Waals surface area contributed by atoms with Crippen LogP contribution in [0.5, 0.6) is 0 Å². The van der Waals surface area contributed by atoms with Crippen LogP contribution in [0.25, 0.3) is 0 Å². The minimum atomic E-state index is -0.241. The molecule has 0 unspecified atom stereocenters. The molecule has 1 rings (SSSR count). The Morgan fingerprint density at radius 2 is 2.15 bits per heavy atom. The molecule has 1 aromatic carbocycles. The molecule has 70 valence electrons. The van der Waals surface area contributed by atoms with Crippen molar-refractivity contribution in [1.82, 2.24) is 0 Å². The summed E-state index contributed by atoms with van der Waals surface area (Å²) in [5.74, 6) is -0.241. The van der Waals surface area contributed by atoms with E-state index in [2.05, 4.69) is 0 Å². The van der Waals surface area contributed by atoms with Gasteiger partial charge in [0.15, 0.2) is 0 Å². The molecule has 0 aliphatic rings. The van der Waals surface area contributed by atoms with Gasteiger partial charge in [-0.1, -0.05) is 25.1 Å². The lowest BCUT2D eigenvalue weighted by molar-refractivity contribution is 0.0598. The van der Waals surface area contributed by atoms with E-state index < -0.39 is 0 Å². The number of hydrogen-bond donors (Lipinski definition) is 0. The maximum absolute atomic E-state index is 11.4. The number of hydrogen-bond acceptors (Lipinski definition) is 2. The lowest BCUT2D eigenvalue weighted by Crippen LogP contribution is -2.07. The van der Waals surface area contributed by atoms with E-state index in [9.17, 15) is 4.79 Å². The van der Waals surface area contributed by atoms with E-state index in [0.29, 0.717) is 5.56 Å². The molecule has 0 spiro atoms. The summed E-state index contributed by atoms with van der Waals surface area (Å²) in [6.45, 7) is 3.95. The zero-order chi connectivity index (χ0) is 9.84. The molecule has 0 fully saturated rings. The Morgan fingerprint density at radius 3 is 2.69 bits per heavy atom. The number of ether oxygens (including phenoxy) is 1. The average Bonchev–Trinajstić information content (AvgIpc) is 2.16. The predicted octanol–water partition coefficient (Wildman–Crippen LogP) is 2.34. The van der Waals surface area contributed by atoms with Crippen LogP contribution in [0.2, 0.25) is 0 Å². The highest BCUT2D eigenvalue weighted by Gasteiger charge is 2.12. The monoisotopic (exact) mass is 178 g/mol. The largest absolute Gasteiger partial charge is 0.465 e. The summed E-state index contributed by atoms with van der Waals surface area (Å²) < 4.78 is 4.72. The fourth-order valence-electron chi connectivity index (χ4n) is 1.42. The fourth-order valence-corrected chi connectivity index (χ4v) is 1.42. The van der Waals surface area contributed by atoms with E-state index in [0.717, 1.165) is 17.5 Å². The molecule has 0 aromatic heterocycles. The topological polar surface area (TPSA) is 26.3 Å². The van der Waals surface area contributed by atoms with Crippen molar-refractivity contribution < 1.29 is 9.53 Å². The van der Waals surface area contributed by atoms with Crippen molar-refractivity contribution in [3.63, 3.8) is 0 Å². The van der Waals surface area contributed by atoms with Gasteiger partial charge in [0.05, 0.1) is 12.7 Å². The summed E-state index contributed by atoms with van der Waals surface area (Å²) in [6.07, 6.45) is 0.853. The first-order chi connectivity index (χ1) is 6.20. The quantitative estimate of drug-likeness (QED) is 0.650. The molecule has 0 N–H and O–H groups in total.